The van der Waals surface area contributed by atoms with Crippen molar-refractivity contribution >= 4 is 29.3 Å². The molecular weight excluding hydrogens is 226 g/mol. The minimum Gasteiger partial charge on any atom is -0.481 e. The molecule has 0 aliphatic rings. The van der Waals surface area contributed by atoms with Gasteiger partial charge in [0.2, 0.25) is 5.91 Å². The van der Waals surface area contributed by atoms with Gasteiger partial charge in [-0.15, -0.1) is 11.3 Å². The van der Waals surface area contributed by atoms with E-state index in [4.69, 9.17) is 5.11 Å². The second kappa shape index (κ2) is 6.07. The molecule has 1 aromatic rings. The highest BCUT2D eigenvalue weighted by molar-refractivity contribution is 7.10. The van der Waals surface area contributed by atoms with Crippen LogP contribution in [0.25, 0.3) is 6.08 Å². The molecule has 1 heterocycles. The Bertz CT molecular complexity index is 409. The molecule has 0 saturated carbocycles. The number of carbonyl (C=O) groups is 2. The van der Waals surface area contributed by atoms with Crippen molar-refractivity contribution in [3.8, 4) is 0 Å². The zero-order valence-electron chi connectivity index (χ0n) is 8.90. The Balaban J connectivity index is 2.45. The fourth-order valence-corrected chi connectivity index (χ4v) is 1.97. The molecule has 0 atom stereocenters. The number of carboxylic acids is 1. The molecule has 86 valence electrons. The van der Waals surface area contributed by atoms with Crippen molar-refractivity contribution in [2.24, 2.45) is 0 Å². The summed E-state index contributed by atoms with van der Waals surface area (Å²) in [5, 5.41) is 13.1. The molecule has 16 heavy (non-hydrogen) atoms. The average Bonchev–Trinajstić information content (AvgIpc) is 2.59. The van der Waals surface area contributed by atoms with Crippen LogP contribution in [0, 0.1) is 0 Å². The van der Waals surface area contributed by atoms with E-state index in [1.165, 1.54) is 18.3 Å². The van der Waals surface area contributed by atoms with E-state index in [0.29, 0.717) is 6.54 Å². The van der Waals surface area contributed by atoms with Gasteiger partial charge < -0.3 is 10.4 Å². The third-order valence-corrected chi connectivity index (χ3v) is 2.73. The predicted octanol–water partition coefficient (Wildman–Crippen LogP) is 1.52. The van der Waals surface area contributed by atoms with Gasteiger partial charge in [0.15, 0.2) is 0 Å². The van der Waals surface area contributed by atoms with Gasteiger partial charge in [-0.05, 0) is 17.0 Å². The molecule has 0 unspecified atom stereocenters. The first-order chi connectivity index (χ1) is 7.58. The van der Waals surface area contributed by atoms with Crippen LogP contribution in [0.5, 0.6) is 0 Å². The minimum atomic E-state index is -0.823. The van der Waals surface area contributed by atoms with Crippen molar-refractivity contribution in [3.05, 3.63) is 28.0 Å². The molecule has 0 aliphatic carbocycles. The maximum Gasteiger partial charge on any atom is 0.308 e. The summed E-state index contributed by atoms with van der Waals surface area (Å²) in [7, 11) is 0. The van der Waals surface area contributed by atoms with E-state index in [9.17, 15) is 9.59 Å². The van der Waals surface area contributed by atoms with E-state index >= 15 is 0 Å². The number of carbonyl (C=O) groups excluding carboxylic acids is 1. The monoisotopic (exact) mass is 239 g/mol. The first kappa shape index (κ1) is 12.4. The van der Waals surface area contributed by atoms with Crippen molar-refractivity contribution in [1.82, 2.24) is 5.32 Å². The van der Waals surface area contributed by atoms with E-state index in [-0.39, 0.29) is 12.3 Å². The lowest BCUT2D eigenvalue weighted by molar-refractivity contribution is -0.136. The van der Waals surface area contributed by atoms with Gasteiger partial charge in [0.1, 0.15) is 0 Å². The molecule has 1 rings (SSSR count). The maximum absolute atomic E-state index is 10.6. The zero-order valence-corrected chi connectivity index (χ0v) is 9.71. The first-order valence-electron chi connectivity index (χ1n) is 4.78. The number of nitrogens with one attached hydrogen (secondary N) is 1. The largest absolute Gasteiger partial charge is 0.481 e. The lowest BCUT2D eigenvalue weighted by atomic mass is 10.2. The maximum atomic E-state index is 10.6. The SMILES string of the molecule is CC(=O)NCC=Cc1csc(CC(=O)O)c1. The van der Waals surface area contributed by atoms with Gasteiger partial charge >= 0.3 is 5.97 Å². The number of hydrogen-bond acceptors (Lipinski definition) is 3. The van der Waals surface area contributed by atoms with Crippen LogP contribution >= 0.6 is 11.3 Å². The van der Waals surface area contributed by atoms with Crippen molar-refractivity contribution in [1.29, 1.82) is 0 Å². The van der Waals surface area contributed by atoms with Crippen LogP contribution in [0.4, 0.5) is 0 Å². The van der Waals surface area contributed by atoms with E-state index in [1.807, 2.05) is 23.6 Å². The van der Waals surface area contributed by atoms with Crippen LogP contribution in [-0.4, -0.2) is 23.5 Å². The van der Waals surface area contributed by atoms with E-state index in [2.05, 4.69) is 5.32 Å². The van der Waals surface area contributed by atoms with E-state index < -0.39 is 5.97 Å². The fourth-order valence-electron chi connectivity index (χ4n) is 1.12. The van der Waals surface area contributed by atoms with Gasteiger partial charge in [-0.1, -0.05) is 12.2 Å². The Morgan fingerprint density at radius 2 is 2.31 bits per heavy atom. The van der Waals surface area contributed by atoms with Gasteiger partial charge in [0.25, 0.3) is 0 Å². The van der Waals surface area contributed by atoms with E-state index in [1.54, 1.807) is 0 Å². The molecule has 0 radical (unpaired) electrons. The molecule has 0 aliphatic heterocycles. The van der Waals surface area contributed by atoms with Crippen LogP contribution in [0.1, 0.15) is 17.4 Å². The number of hydrogen-bond donors (Lipinski definition) is 2. The molecule has 5 heteroatoms. The molecule has 4 nitrogen and oxygen atoms in total. The quantitative estimate of drug-likeness (QED) is 0.818. The van der Waals surface area contributed by atoms with Gasteiger partial charge in [0, 0.05) is 18.3 Å². The first-order valence-corrected chi connectivity index (χ1v) is 5.66. The van der Waals surface area contributed by atoms with Gasteiger partial charge in [0.05, 0.1) is 6.42 Å². The average molecular weight is 239 g/mol. The van der Waals surface area contributed by atoms with Gasteiger partial charge in [-0.3, -0.25) is 9.59 Å². The normalized spacial score (nSPS) is 10.6. The van der Waals surface area contributed by atoms with Crippen molar-refractivity contribution in [2.75, 3.05) is 6.54 Å². The van der Waals surface area contributed by atoms with Crippen LogP contribution in [0.2, 0.25) is 0 Å². The zero-order chi connectivity index (χ0) is 12.0. The van der Waals surface area contributed by atoms with Crippen LogP contribution in [0.3, 0.4) is 0 Å². The second-order valence-corrected chi connectivity index (χ2v) is 4.25. The molecule has 0 spiro atoms. The molecule has 0 saturated heterocycles. The number of rotatable bonds is 5. The third-order valence-electron chi connectivity index (χ3n) is 1.78. The lowest BCUT2D eigenvalue weighted by Gasteiger charge is -1.93. The predicted molar refractivity (Wildman–Crippen MR) is 63.4 cm³/mol. The van der Waals surface area contributed by atoms with Crippen molar-refractivity contribution in [3.63, 3.8) is 0 Å². The summed E-state index contributed by atoms with van der Waals surface area (Å²) in [6.45, 7) is 1.95. The molecule has 0 aromatic carbocycles. The summed E-state index contributed by atoms with van der Waals surface area (Å²) in [5.41, 5.74) is 0.964. The standard InChI is InChI=1S/C11H13NO3S/c1-8(13)12-4-2-3-9-5-10(16-7-9)6-11(14)15/h2-3,5,7H,4,6H2,1H3,(H,12,13)(H,14,15). The summed E-state index contributed by atoms with van der Waals surface area (Å²) in [6, 6.07) is 1.84. The van der Waals surface area contributed by atoms with Gasteiger partial charge in [-0.2, -0.15) is 0 Å². The number of carboxylic acid groups (broad SMARTS) is 1. The highest BCUT2D eigenvalue weighted by Gasteiger charge is 2.02. The molecule has 0 fully saturated rings. The Hall–Kier alpha value is -1.62. The third kappa shape index (κ3) is 4.75. The Morgan fingerprint density at radius 3 is 2.94 bits per heavy atom. The molecule has 1 aromatic heterocycles. The summed E-state index contributed by atoms with van der Waals surface area (Å²) in [6.07, 6.45) is 3.75. The molecular formula is C11H13NO3S. The number of amides is 1. The summed E-state index contributed by atoms with van der Waals surface area (Å²) >= 11 is 1.42. The molecule has 0 bridgehead atoms. The lowest BCUT2D eigenvalue weighted by Crippen LogP contribution is -2.19. The van der Waals surface area contributed by atoms with Crippen LogP contribution in [0.15, 0.2) is 17.5 Å². The Labute approximate surface area is 97.6 Å². The van der Waals surface area contributed by atoms with Gasteiger partial charge in [-0.25, -0.2) is 0 Å². The highest BCUT2D eigenvalue weighted by Crippen LogP contribution is 2.16. The fraction of sp³-hybridized carbons (Fsp3) is 0.273. The molecule has 1 amide bonds. The van der Waals surface area contributed by atoms with Crippen LogP contribution < -0.4 is 5.32 Å². The van der Waals surface area contributed by atoms with Crippen LogP contribution in [-0.2, 0) is 16.0 Å². The Kier molecular flexibility index (Phi) is 4.72. The van der Waals surface area contributed by atoms with Crippen molar-refractivity contribution < 1.29 is 14.7 Å². The molecule has 2 N–H and O–H groups in total. The second-order valence-electron chi connectivity index (χ2n) is 3.26. The summed E-state index contributed by atoms with van der Waals surface area (Å²) in [4.78, 5) is 21.9. The van der Waals surface area contributed by atoms with E-state index in [0.717, 1.165) is 10.4 Å². The number of aliphatic carboxylic acids is 1. The minimum absolute atomic E-state index is 0.0597. The van der Waals surface area contributed by atoms with Crippen molar-refractivity contribution in [2.45, 2.75) is 13.3 Å². The summed E-state index contributed by atoms with van der Waals surface area (Å²) < 4.78 is 0. The smallest absolute Gasteiger partial charge is 0.308 e. The summed E-state index contributed by atoms with van der Waals surface area (Å²) in [5.74, 6) is -0.892. The Morgan fingerprint density at radius 1 is 1.56 bits per heavy atom. The highest BCUT2D eigenvalue weighted by atomic mass is 32.1. The number of thiophene rings is 1. The topological polar surface area (TPSA) is 66.4 Å².